The molecule has 0 bridgehead atoms. The fourth-order valence-electron chi connectivity index (χ4n) is 16.3. The fraction of sp³-hybridized carbons (Fsp3) is 0.529. The van der Waals surface area contributed by atoms with E-state index in [-0.39, 0.29) is 63.7 Å². The summed E-state index contributed by atoms with van der Waals surface area (Å²) in [6, 6.07) is -5.26. The van der Waals surface area contributed by atoms with E-state index in [1.54, 1.807) is 62.4 Å². The molecule has 15 amide bonds. The van der Waals surface area contributed by atoms with E-state index in [9.17, 15) is 98.1 Å². The van der Waals surface area contributed by atoms with Crippen LogP contribution in [0.15, 0.2) is 85.2 Å². The van der Waals surface area contributed by atoms with Crippen LogP contribution in [0.25, 0.3) is 21.8 Å². The van der Waals surface area contributed by atoms with Gasteiger partial charge in [0.05, 0.1) is 43.3 Å². The molecule has 3 saturated heterocycles. The Labute approximate surface area is 773 Å². The van der Waals surface area contributed by atoms with Gasteiger partial charge in [-0.3, -0.25) is 96.0 Å². The van der Waals surface area contributed by atoms with Gasteiger partial charge in [-0.15, -0.1) is 11.8 Å². The zero-order valence-corrected chi connectivity index (χ0v) is 75.8. The predicted molar refractivity (Wildman–Crippen MR) is 480 cm³/mol. The molecular weight excluding hydrogens is 1770 g/mol. The summed E-state index contributed by atoms with van der Waals surface area (Å²) in [6.45, 7) is 1.07. The number of likely N-dealkylation sites (N-methyl/N-ethyl adjacent to an activating group) is 3. The molecule has 16 atom stereocenters. The van der Waals surface area contributed by atoms with Crippen LogP contribution in [0, 0.1) is 0 Å². The van der Waals surface area contributed by atoms with Crippen molar-refractivity contribution in [2.45, 2.75) is 227 Å². The van der Waals surface area contributed by atoms with Crippen molar-refractivity contribution in [3.05, 3.63) is 102 Å². The number of carbonyl (C=O) groups is 19. The maximum absolute atomic E-state index is 15.9. The van der Waals surface area contributed by atoms with E-state index in [0.29, 0.717) is 63.1 Å². The fourth-order valence-corrected chi connectivity index (χ4v) is 17.1. The second kappa shape index (κ2) is 49.9. The van der Waals surface area contributed by atoms with Crippen LogP contribution >= 0.6 is 11.8 Å². The number of phenolic OH excluding ortho intramolecular Hbond substituents is 1. The summed E-state index contributed by atoms with van der Waals surface area (Å²) in [5, 5.41) is 101. The first kappa shape index (κ1) is 106. The molecule has 46 nitrogen and oxygen atoms in total. The van der Waals surface area contributed by atoms with Crippen LogP contribution in [0.1, 0.15) is 121 Å². The molecule has 134 heavy (non-hydrogen) atoms. The number of carboxylic acid groups (broad SMARTS) is 4. The van der Waals surface area contributed by atoms with E-state index in [1.807, 2.05) is 0 Å². The number of fused-ring (bicyclic) bond motifs is 4. The number of thioether (sulfide) groups is 1. The maximum atomic E-state index is 15.9. The van der Waals surface area contributed by atoms with Gasteiger partial charge < -0.3 is 135 Å². The van der Waals surface area contributed by atoms with Gasteiger partial charge in [0, 0.05) is 112 Å². The number of hydrogen-bond donors (Lipinski definition) is 21. The van der Waals surface area contributed by atoms with Crippen LogP contribution in [-0.2, 0) is 117 Å². The minimum Gasteiger partial charge on any atom is -0.508 e. The molecule has 0 saturated carbocycles. The molecule has 5 aromatic rings. The van der Waals surface area contributed by atoms with Crippen molar-refractivity contribution in [1.82, 2.24) is 87.2 Å². The predicted octanol–water partition coefficient (Wildman–Crippen LogP) is -4.99. The highest BCUT2D eigenvalue weighted by Gasteiger charge is 2.47. The van der Waals surface area contributed by atoms with Gasteiger partial charge in [0.15, 0.2) is 0 Å². The number of aromatic hydroxyl groups is 1. The maximum Gasteiger partial charge on any atom is 0.323 e. The average molecular weight is 1890 g/mol. The van der Waals surface area contributed by atoms with Gasteiger partial charge in [-0.25, -0.2) is 0 Å². The monoisotopic (exact) mass is 1890 g/mol. The summed E-state index contributed by atoms with van der Waals surface area (Å²) in [5.74, 6) is -23.8. The highest BCUT2D eigenvalue weighted by Crippen LogP contribution is 2.29. The number of aliphatic hydroxyl groups is 2. The molecule has 2 aromatic heterocycles. The van der Waals surface area contributed by atoms with Crippen molar-refractivity contribution < 1.29 is 127 Å². The van der Waals surface area contributed by atoms with Crippen molar-refractivity contribution in [3.63, 3.8) is 0 Å². The third kappa shape index (κ3) is 29.1. The Morgan fingerprint density at radius 2 is 1.08 bits per heavy atom. The first-order valence-corrected chi connectivity index (χ1v) is 45.0. The minimum atomic E-state index is -2.04. The van der Waals surface area contributed by atoms with Crippen LogP contribution in [0.4, 0.5) is 0 Å². The van der Waals surface area contributed by atoms with Crippen LogP contribution in [0.3, 0.4) is 0 Å². The number of nitrogens with zero attached hydrogens (tertiary/aromatic N) is 6. The summed E-state index contributed by atoms with van der Waals surface area (Å²) in [7, 11) is 3.75. The first-order valence-electron chi connectivity index (χ1n) is 43.8. The number of nitrogens with two attached hydrogens (primary N) is 3. The summed E-state index contributed by atoms with van der Waals surface area (Å²) < 4.78 is 1.39. The number of H-pyrrole nitrogens is 1. The van der Waals surface area contributed by atoms with Crippen molar-refractivity contribution in [2.24, 2.45) is 17.2 Å². The van der Waals surface area contributed by atoms with E-state index in [1.165, 1.54) is 67.1 Å². The SMILES string of the molecule is CCCC[C@H]1C(O)N(C)[C@@H](CCCC)C(=O)N[C@@H](CC(=O)O)C(=O)N[C@H](C(=O)NCC(N)=O)CSCC(=O)N[C@@H](Cc2ccc(O)cc2)C(=O)N(C)[C@@H](C)C(=O)N[C@@H](CC(=O)O)C(=O)N2CCCC2C(=O)N[C@@H](CN)C(=O)N[C@@H](CCC(=O)O)C(=O)N2C[C@H](O)C[C@H]2C(=O)N[C@@H](Cc2c[nH]c3ccccc23)C(=O)N[C@@H](CN)C(=O)N[C@@H](Cc2cn(CC(=O)O)c3ccccc23)C(=O)N1C. The number of amides is 15. The molecule has 0 aliphatic carbocycles. The molecule has 5 heterocycles. The number of para-hydroxylation sites is 2. The molecule has 0 spiro atoms. The van der Waals surface area contributed by atoms with Crippen LogP contribution < -0.4 is 70.4 Å². The number of primary amides is 1. The van der Waals surface area contributed by atoms with Gasteiger partial charge in [-0.2, -0.15) is 0 Å². The lowest BCUT2D eigenvalue weighted by Crippen LogP contribution is -2.63. The first-order chi connectivity index (χ1) is 63.6. The van der Waals surface area contributed by atoms with E-state index in [2.05, 4.69) is 58.2 Å². The summed E-state index contributed by atoms with van der Waals surface area (Å²) >= 11 is 0.651. The number of benzene rings is 3. The highest BCUT2D eigenvalue weighted by molar-refractivity contribution is 8.00. The largest absolute Gasteiger partial charge is 0.508 e. The van der Waals surface area contributed by atoms with Gasteiger partial charge in [-0.05, 0) is 87.0 Å². The lowest BCUT2D eigenvalue weighted by atomic mass is 9.99. The number of carboxylic acids is 4. The summed E-state index contributed by atoms with van der Waals surface area (Å²) in [5.41, 5.74) is 19.9. The molecule has 3 fully saturated rings. The number of aliphatic hydroxyl groups excluding tert-OH is 2. The van der Waals surface area contributed by atoms with Crippen molar-refractivity contribution in [2.75, 3.05) is 65.4 Å². The molecule has 3 aliphatic heterocycles. The number of aliphatic carboxylic acids is 4. The van der Waals surface area contributed by atoms with E-state index in [4.69, 9.17) is 17.2 Å². The Kier molecular flexibility index (Phi) is 39.5. The highest BCUT2D eigenvalue weighted by atomic mass is 32.2. The zero-order valence-electron chi connectivity index (χ0n) is 75.0. The van der Waals surface area contributed by atoms with Gasteiger partial charge in [0.1, 0.15) is 91.0 Å². The molecule has 3 aromatic carbocycles. The van der Waals surface area contributed by atoms with Gasteiger partial charge in [-0.1, -0.05) is 88.1 Å². The van der Waals surface area contributed by atoms with Gasteiger partial charge in [0.25, 0.3) is 0 Å². The Bertz CT molecular complexity index is 5110. The quantitative estimate of drug-likeness (QED) is 0.0246. The van der Waals surface area contributed by atoms with Crippen molar-refractivity contribution in [1.29, 1.82) is 0 Å². The Morgan fingerprint density at radius 3 is 1.72 bits per heavy atom. The average Bonchev–Trinajstić information content (AvgIpc) is 1.42. The van der Waals surface area contributed by atoms with Crippen molar-refractivity contribution in [3.8, 4) is 5.75 Å². The summed E-state index contributed by atoms with van der Waals surface area (Å²) in [6.07, 6.45) is -4.57. The van der Waals surface area contributed by atoms with E-state index in [0.717, 1.165) is 26.6 Å². The smallest absolute Gasteiger partial charge is 0.323 e. The number of unbranched alkanes of at least 4 members (excludes halogenated alkanes) is 2. The van der Waals surface area contributed by atoms with Crippen LogP contribution in [0.2, 0.25) is 0 Å². The lowest BCUT2D eigenvalue weighted by Gasteiger charge is -2.41. The van der Waals surface area contributed by atoms with E-state index >= 15 is 28.8 Å². The Balaban J connectivity index is 1.20. The molecule has 730 valence electrons. The number of rotatable bonds is 26. The molecule has 8 rings (SSSR count). The van der Waals surface area contributed by atoms with Gasteiger partial charge in [0.2, 0.25) is 88.6 Å². The molecule has 0 radical (unpaired) electrons. The summed E-state index contributed by atoms with van der Waals surface area (Å²) in [4.78, 5) is 277. The normalized spacial score (nSPS) is 25.5. The Morgan fingerprint density at radius 1 is 0.537 bits per heavy atom. The number of hydrogen-bond acceptors (Lipinski definition) is 26. The number of phenols is 1. The van der Waals surface area contributed by atoms with E-state index < -0.39 is 292 Å². The third-order valence-electron chi connectivity index (χ3n) is 23.6. The number of aromatic nitrogens is 2. The zero-order chi connectivity index (χ0) is 98.6. The molecular formula is C87H120N20O26S. The molecule has 3 aliphatic rings. The third-order valence-corrected chi connectivity index (χ3v) is 24.7. The number of aromatic amines is 1. The molecule has 24 N–H and O–H groups in total. The van der Waals surface area contributed by atoms with Gasteiger partial charge >= 0.3 is 23.9 Å². The number of nitrogens with one attached hydrogen (secondary N) is 11. The molecule has 47 heteroatoms. The topological polar surface area (TPSA) is 701 Å². The lowest BCUT2D eigenvalue weighted by molar-refractivity contribution is -0.148. The van der Waals surface area contributed by atoms with Crippen LogP contribution in [0.5, 0.6) is 5.75 Å². The standard InChI is InChI=1S/C87H120N20O26S/c1-7-9-19-64-80(126)96-56(34-71(114)115)77(123)101-62(75(121)92-39-68(90)110)43-134-44-69(111)93-57(30-46-23-25-49(108)26-24-46)83(129)102(4)45(3)74(120)97-59(35-72(116)117)86(132)106-29-15-22-65(106)81(127)100-61(37-89)78(124)94-54(27-28-70(112)113)85(131)107-41-50(109)33-67(107)82(128)95-55(31-47-38-91-53-18-13-11-16-51(47)53)76(122)99-60(36-88)79(125)98-58(84(130)104(6)66(20-10-8-2)87(133)103(64)5)32-48-40-105(42-73(118)119)63-21-14-12-17-52(48)63/h11-14,16-18,21,23-26,38,40,45,50,54-62,64-67,87,91,108-109,133H,7-10,15,19-20,22,27-37,39,41-44,88-89H2,1-6H3,(H2,90,110)(H,92,121)(H,93,111)(H,94,124)(H,95,128)(H,96,126)(H,97,120)(H,98,125)(H,99,122)(H,100,127)(H,101,123)(H,112,113)(H,114,115)(H,116,117)(H,118,119)/t45-,50+,54-,55-,56-,57-,58-,59-,60-,61-,62-,64-,65?,66-,67-,87?/m0/s1. The Hall–Kier alpha value is -13.4. The van der Waals surface area contributed by atoms with Crippen LogP contribution in [-0.4, -0.2) is 345 Å². The second-order valence-electron chi connectivity index (χ2n) is 33.3. The second-order valence-corrected chi connectivity index (χ2v) is 34.4. The minimum absolute atomic E-state index is 0.0266. The molecule has 2 unspecified atom stereocenters. The van der Waals surface area contributed by atoms with Crippen molar-refractivity contribution >= 4 is 146 Å². The number of carbonyl (C=O) groups excluding carboxylic acids is 15.